The van der Waals surface area contributed by atoms with Crippen molar-refractivity contribution in [2.24, 2.45) is 11.5 Å². The van der Waals surface area contributed by atoms with Crippen molar-refractivity contribution < 1.29 is 0 Å². The molecule has 0 aromatic rings. The highest BCUT2D eigenvalue weighted by Crippen LogP contribution is 2.04. The summed E-state index contributed by atoms with van der Waals surface area (Å²) in [7, 11) is 0. The van der Waals surface area contributed by atoms with Crippen LogP contribution >= 0.6 is 0 Å². The molecular weight excluding hydrogens is 100 g/mol. The number of hydrogen-bond acceptors (Lipinski definition) is 2. The lowest BCUT2D eigenvalue weighted by molar-refractivity contribution is 0.438. The minimum Gasteiger partial charge on any atom is -0.329 e. The Hall–Kier alpha value is -0.0800. The Balaban J connectivity index is 3.37. The molecule has 0 aliphatic rings. The van der Waals surface area contributed by atoms with Gasteiger partial charge in [-0.05, 0) is 13.3 Å². The van der Waals surface area contributed by atoms with E-state index in [4.69, 9.17) is 11.5 Å². The van der Waals surface area contributed by atoms with Crippen molar-refractivity contribution in [3.05, 3.63) is 0 Å². The summed E-state index contributed by atoms with van der Waals surface area (Å²) in [5, 5.41) is 0. The second-order valence-corrected chi connectivity index (χ2v) is 2.61. The Morgan fingerprint density at radius 2 is 2.00 bits per heavy atom. The molecule has 4 N–H and O–H groups in total. The van der Waals surface area contributed by atoms with Gasteiger partial charge < -0.3 is 11.5 Å². The van der Waals surface area contributed by atoms with Gasteiger partial charge in [-0.2, -0.15) is 0 Å². The van der Waals surface area contributed by atoms with Crippen LogP contribution in [0.3, 0.4) is 0 Å². The summed E-state index contributed by atoms with van der Waals surface area (Å²) in [6, 6.07) is 0. The predicted octanol–water partition coefficient (Wildman–Crippen LogP) is 0.463. The molecule has 0 spiro atoms. The molecule has 0 saturated heterocycles. The van der Waals surface area contributed by atoms with Gasteiger partial charge in [0.1, 0.15) is 0 Å². The highest BCUT2D eigenvalue weighted by atomic mass is 14.8. The van der Waals surface area contributed by atoms with Crippen molar-refractivity contribution >= 4 is 0 Å². The van der Waals surface area contributed by atoms with Gasteiger partial charge in [0, 0.05) is 12.1 Å². The molecule has 0 aliphatic heterocycles. The topological polar surface area (TPSA) is 52.0 Å². The standard InChI is InChI=1S/C6H16N2/c1-3-4-6(2,8)5-7/h3-5,7-8H2,1-2H3. The molecule has 8 heavy (non-hydrogen) atoms. The molecule has 50 valence electrons. The largest absolute Gasteiger partial charge is 0.329 e. The third-order valence-corrected chi connectivity index (χ3v) is 1.29. The summed E-state index contributed by atoms with van der Waals surface area (Å²) >= 11 is 0. The molecular formula is C6H16N2. The Kier molecular flexibility index (Phi) is 3.02. The zero-order valence-electron chi connectivity index (χ0n) is 5.78. The normalized spacial score (nSPS) is 18.0. The van der Waals surface area contributed by atoms with Gasteiger partial charge in [-0.3, -0.25) is 0 Å². The van der Waals surface area contributed by atoms with Gasteiger partial charge >= 0.3 is 0 Å². The third-order valence-electron chi connectivity index (χ3n) is 1.29. The average molecular weight is 116 g/mol. The molecule has 1 atom stereocenters. The van der Waals surface area contributed by atoms with E-state index in [0.717, 1.165) is 12.8 Å². The Bertz CT molecular complexity index is 59.5. The van der Waals surface area contributed by atoms with Crippen molar-refractivity contribution in [2.75, 3.05) is 6.54 Å². The lowest BCUT2D eigenvalue weighted by atomic mass is 9.98. The average Bonchev–Trinajstić information content (AvgIpc) is 1.67. The molecule has 0 rings (SSSR count). The van der Waals surface area contributed by atoms with E-state index in [1.54, 1.807) is 0 Å². The summed E-state index contributed by atoms with van der Waals surface area (Å²) in [6.45, 7) is 4.68. The van der Waals surface area contributed by atoms with Crippen LogP contribution in [-0.2, 0) is 0 Å². The number of rotatable bonds is 3. The van der Waals surface area contributed by atoms with Crippen molar-refractivity contribution in [1.82, 2.24) is 0 Å². The molecule has 2 heteroatoms. The van der Waals surface area contributed by atoms with Crippen molar-refractivity contribution in [3.63, 3.8) is 0 Å². The fraction of sp³-hybridized carbons (Fsp3) is 1.00. The molecule has 0 bridgehead atoms. The Labute approximate surface area is 51.2 Å². The summed E-state index contributed by atoms with van der Waals surface area (Å²) in [6.07, 6.45) is 2.13. The molecule has 2 nitrogen and oxygen atoms in total. The van der Waals surface area contributed by atoms with Crippen LogP contribution in [-0.4, -0.2) is 12.1 Å². The first-order valence-electron chi connectivity index (χ1n) is 3.11. The summed E-state index contributed by atoms with van der Waals surface area (Å²) in [5.41, 5.74) is 10.9. The summed E-state index contributed by atoms with van der Waals surface area (Å²) in [5.74, 6) is 0. The van der Waals surface area contributed by atoms with Crippen LogP contribution in [0, 0.1) is 0 Å². The lowest BCUT2D eigenvalue weighted by Crippen LogP contribution is -2.43. The van der Waals surface area contributed by atoms with Gasteiger partial charge in [-0.15, -0.1) is 0 Å². The zero-order valence-corrected chi connectivity index (χ0v) is 5.78. The molecule has 0 heterocycles. The third kappa shape index (κ3) is 2.99. The van der Waals surface area contributed by atoms with E-state index in [1.807, 2.05) is 6.92 Å². The van der Waals surface area contributed by atoms with E-state index in [2.05, 4.69) is 6.92 Å². The van der Waals surface area contributed by atoms with Gasteiger partial charge in [0.15, 0.2) is 0 Å². The predicted molar refractivity (Wildman–Crippen MR) is 36.6 cm³/mol. The molecule has 0 aromatic heterocycles. The van der Waals surface area contributed by atoms with Crippen LogP contribution in [0.2, 0.25) is 0 Å². The Morgan fingerprint density at radius 1 is 1.50 bits per heavy atom. The summed E-state index contributed by atoms with van der Waals surface area (Å²) < 4.78 is 0. The molecule has 0 amide bonds. The number of hydrogen-bond donors (Lipinski definition) is 2. The maximum Gasteiger partial charge on any atom is 0.0249 e. The maximum atomic E-state index is 5.70. The van der Waals surface area contributed by atoms with Gasteiger partial charge in [-0.1, -0.05) is 13.3 Å². The highest BCUT2D eigenvalue weighted by Gasteiger charge is 2.12. The van der Waals surface area contributed by atoms with Crippen LogP contribution in [0.4, 0.5) is 0 Å². The lowest BCUT2D eigenvalue weighted by Gasteiger charge is -2.20. The molecule has 0 radical (unpaired) electrons. The van der Waals surface area contributed by atoms with Crippen molar-refractivity contribution in [3.8, 4) is 0 Å². The van der Waals surface area contributed by atoms with Crippen LogP contribution in [0.1, 0.15) is 26.7 Å². The van der Waals surface area contributed by atoms with Gasteiger partial charge in [0.25, 0.3) is 0 Å². The van der Waals surface area contributed by atoms with E-state index in [-0.39, 0.29) is 5.54 Å². The number of nitrogens with two attached hydrogens (primary N) is 2. The second-order valence-electron chi connectivity index (χ2n) is 2.61. The fourth-order valence-electron chi connectivity index (χ4n) is 0.673. The minimum atomic E-state index is -0.130. The minimum absolute atomic E-state index is 0.130. The van der Waals surface area contributed by atoms with E-state index in [0.29, 0.717) is 6.54 Å². The first-order valence-corrected chi connectivity index (χ1v) is 3.11. The van der Waals surface area contributed by atoms with E-state index in [1.165, 1.54) is 0 Å². The van der Waals surface area contributed by atoms with Crippen molar-refractivity contribution in [2.45, 2.75) is 32.2 Å². The van der Waals surface area contributed by atoms with Gasteiger partial charge in [0.2, 0.25) is 0 Å². The molecule has 1 unspecified atom stereocenters. The van der Waals surface area contributed by atoms with Crippen LogP contribution in [0.25, 0.3) is 0 Å². The zero-order chi connectivity index (χ0) is 6.62. The Morgan fingerprint density at radius 3 is 2.12 bits per heavy atom. The SMILES string of the molecule is CCCC(C)(N)CN. The van der Waals surface area contributed by atoms with Crippen LogP contribution < -0.4 is 11.5 Å². The van der Waals surface area contributed by atoms with Crippen LogP contribution in [0.5, 0.6) is 0 Å². The molecule has 0 saturated carbocycles. The molecule has 0 aliphatic carbocycles. The fourth-order valence-corrected chi connectivity index (χ4v) is 0.673. The van der Waals surface area contributed by atoms with Crippen LogP contribution in [0.15, 0.2) is 0 Å². The van der Waals surface area contributed by atoms with E-state index < -0.39 is 0 Å². The quantitative estimate of drug-likeness (QED) is 0.563. The molecule has 0 fully saturated rings. The highest BCUT2D eigenvalue weighted by molar-refractivity contribution is 4.77. The van der Waals surface area contributed by atoms with Gasteiger partial charge in [-0.25, -0.2) is 0 Å². The smallest absolute Gasteiger partial charge is 0.0249 e. The van der Waals surface area contributed by atoms with E-state index >= 15 is 0 Å². The second kappa shape index (κ2) is 3.05. The first-order chi connectivity index (χ1) is 3.62. The summed E-state index contributed by atoms with van der Waals surface area (Å²) in [4.78, 5) is 0. The van der Waals surface area contributed by atoms with E-state index in [9.17, 15) is 0 Å². The molecule has 0 aromatic carbocycles. The first kappa shape index (κ1) is 7.92. The van der Waals surface area contributed by atoms with Crippen molar-refractivity contribution in [1.29, 1.82) is 0 Å². The van der Waals surface area contributed by atoms with Gasteiger partial charge in [0.05, 0.1) is 0 Å². The maximum absolute atomic E-state index is 5.70. The monoisotopic (exact) mass is 116 g/mol.